The average molecular weight is 301 g/mol. The normalized spacial score (nSPS) is 20.7. The maximum atomic E-state index is 12.9. The van der Waals surface area contributed by atoms with Crippen LogP contribution in [0.15, 0.2) is 35.1 Å². The highest BCUT2D eigenvalue weighted by atomic mass is 16.1. The summed E-state index contributed by atoms with van der Waals surface area (Å²) in [5, 5.41) is 0. The van der Waals surface area contributed by atoms with Gasteiger partial charge in [-0.05, 0) is 47.8 Å². The highest BCUT2D eigenvalue weighted by Crippen LogP contribution is 2.38. The van der Waals surface area contributed by atoms with Gasteiger partial charge in [-0.3, -0.25) is 4.79 Å². The fourth-order valence-electron chi connectivity index (χ4n) is 3.10. The first-order valence-electron chi connectivity index (χ1n) is 8.54. The summed E-state index contributed by atoms with van der Waals surface area (Å²) in [6, 6.07) is 0. The Kier molecular flexibility index (Phi) is 4.70. The summed E-state index contributed by atoms with van der Waals surface area (Å²) in [6.45, 7) is 15.0. The summed E-state index contributed by atoms with van der Waals surface area (Å²) < 4.78 is 0. The van der Waals surface area contributed by atoms with Gasteiger partial charge in [-0.15, -0.1) is 0 Å². The summed E-state index contributed by atoms with van der Waals surface area (Å²) in [6.07, 6.45) is 10.3. The molecule has 0 bridgehead atoms. The zero-order valence-electron chi connectivity index (χ0n) is 15.1. The van der Waals surface area contributed by atoms with Crippen molar-refractivity contribution < 1.29 is 4.79 Å². The van der Waals surface area contributed by atoms with Gasteiger partial charge < -0.3 is 4.90 Å². The summed E-state index contributed by atoms with van der Waals surface area (Å²) in [7, 11) is 0. The Morgan fingerprint density at radius 3 is 1.73 bits per heavy atom. The van der Waals surface area contributed by atoms with Gasteiger partial charge in [-0.25, -0.2) is 0 Å². The molecule has 0 spiro atoms. The SMILES string of the molecule is CC(C)(C)C1=CC(=CN2CCCCC2)C=C(C(C)(C)C)C1=O. The molecule has 122 valence electrons. The smallest absolute Gasteiger partial charge is 0.186 e. The van der Waals surface area contributed by atoms with E-state index >= 15 is 0 Å². The van der Waals surface area contributed by atoms with Crippen LogP contribution in [-0.4, -0.2) is 23.8 Å². The lowest BCUT2D eigenvalue weighted by atomic mass is 9.72. The lowest BCUT2D eigenvalue weighted by Crippen LogP contribution is -2.29. The van der Waals surface area contributed by atoms with Gasteiger partial charge in [0.1, 0.15) is 0 Å². The largest absolute Gasteiger partial charge is 0.377 e. The molecule has 1 fully saturated rings. The number of piperidine rings is 1. The summed E-state index contributed by atoms with van der Waals surface area (Å²) in [4.78, 5) is 15.3. The molecule has 1 saturated heterocycles. The van der Waals surface area contributed by atoms with E-state index in [4.69, 9.17) is 0 Å². The molecular weight excluding hydrogens is 270 g/mol. The summed E-state index contributed by atoms with van der Waals surface area (Å²) in [5.74, 6) is 0.218. The predicted molar refractivity (Wildman–Crippen MR) is 93.6 cm³/mol. The van der Waals surface area contributed by atoms with Crippen molar-refractivity contribution >= 4 is 5.78 Å². The highest BCUT2D eigenvalue weighted by molar-refractivity contribution is 6.11. The van der Waals surface area contributed by atoms with E-state index in [0.717, 1.165) is 24.2 Å². The van der Waals surface area contributed by atoms with Crippen molar-refractivity contribution in [3.05, 3.63) is 35.1 Å². The molecule has 0 N–H and O–H groups in total. The average Bonchev–Trinajstić information content (AvgIpc) is 2.39. The first kappa shape index (κ1) is 17.1. The molecule has 0 saturated carbocycles. The molecule has 0 atom stereocenters. The van der Waals surface area contributed by atoms with Gasteiger partial charge in [0, 0.05) is 30.4 Å². The molecule has 0 radical (unpaired) electrons. The van der Waals surface area contributed by atoms with E-state index in [-0.39, 0.29) is 16.6 Å². The van der Waals surface area contributed by atoms with Crippen LogP contribution >= 0.6 is 0 Å². The van der Waals surface area contributed by atoms with Crippen LogP contribution in [-0.2, 0) is 4.79 Å². The van der Waals surface area contributed by atoms with Crippen molar-refractivity contribution in [1.82, 2.24) is 4.90 Å². The maximum absolute atomic E-state index is 12.9. The molecule has 0 unspecified atom stereocenters. The fraction of sp³-hybridized carbons (Fsp3) is 0.650. The van der Waals surface area contributed by atoms with Crippen molar-refractivity contribution in [3.8, 4) is 0 Å². The Bertz CT molecular complexity index is 493. The second-order valence-electron chi connectivity index (χ2n) is 8.67. The number of carbonyl (C=O) groups is 1. The van der Waals surface area contributed by atoms with E-state index in [1.165, 1.54) is 24.8 Å². The second-order valence-corrected chi connectivity index (χ2v) is 8.67. The fourth-order valence-corrected chi connectivity index (χ4v) is 3.10. The van der Waals surface area contributed by atoms with Gasteiger partial charge in [0.15, 0.2) is 5.78 Å². The van der Waals surface area contributed by atoms with Crippen LogP contribution in [0.4, 0.5) is 0 Å². The van der Waals surface area contributed by atoms with Gasteiger partial charge in [-0.2, -0.15) is 0 Å². The summed E-state index contributed by atoms with van der Waals surface area (Å²) >= 11 is 0. The van der Waals surface area contributed by atoms with E-state index in [1.807, 2.05) is 0 Å². The molecule has 0 aromatic heterocycles. The number of Topliss-reactive ketones (excluding diaryl/α,β-unsaturated/α-hetero) is 1. The third-order valence-corrected chi connectivity index (χ3v) is 4.45. The first-order valence-corrected chi connectivity index (χ1v) is 8.54. The number of nitrogens with zero attached hydrogens (tertiary/aromatic N) is 1. The number of rotatable bonds is 1. The summed E-state index contributed by atoms with van der Waals surface area (Å²) in [5.41, 5.74) is 2.80. The minimum atomic E-state index is -0.122. The molecule has 1 aliphatic heterocycles. The Morgan fingerprint density at radius 1 is 0.864 bits per heavy atom. The van der Waals surface area contributed by atoms with Crippen molar-refractivity contribution in [2.24, 2.45) is 10.8 Å². The lowest BCUT2D eigenvalue weighted by Gasteiger charge is -2.32. The Morgan fingerprint density at radius 2 is 1.32 bits per heavy atom. The van der Waals surface area contributed by atoms with Crippen LogP contribution < -0.4 is 0 Å². The van der Waals surface area contributed by atoms with Gasteiger partial charge in [0.25, 0.3) is 0 Å². The van der Waals surface area contributed by atoms with Crippen molar-refractivity contribution in [3.63, 3.8) is 0 Å². The van der Waals surface area contributed by atoms with Gasteiger partial charge in [-0.1, -0.05) is 41.5 Å². The third kappa shape index (κ3) is 3.91. The van der Waals surface area contributed by atoms with E-state index in [9.17, 15) is 4.79 Å². The molecular formula is C20H31NO. The number of likely N-dealkylation sites (tertiary alicyclic amines) is 1. The van der Waals surface area contributed by atoms with Gasteiger partial charge >= 0.3 is 0 Å². The third-order valence-electron chi connectivity index (χ3n) is 4.45. The molecule has 1 heterocycles. The Hall–Kier alpha value is -1.31. The monoisotopic (exact) mass is 301 g/mol. The minimum Gasteiger partial charge on any atom is -0.377 e. The predicted octanol–water partition coefficient (Wildman–Crippen LogP) is 4.88. The molecule has 22 heavy (non-hydrogen) atoms. The Labute approximate surface area is 136 Å². The molecule has 0 aromatic rings. The molecule has 1 aliphatic carbocycles. The highest BCUT2D eigenvalue weighted by Gasteiger charge is 2.34. The topological polar surface area (TPSA) is 20.3 Å². The van der Waals surface area contributed by atoms with E-state index in [0.29, 0.717) is 0 Å². The van der Waals surface area contributed by atoms with Crippen LogP contribution in [0.5, 0.6) is 0 Å². The molecule has 0 aromatic carbocycles. The van der Waals surface area contributed by atoms with Crippen LogP contribution in [0.2, 0.25) is 0 Å². The lowest BCUT2D eigenvalue weighted by molar-refractivity contribution is -0.114. The van der Waals surface area contributed by atoms with Crippen molar-refractivity contribution in [2.75, 3.05) is 13.1 Å². The van der Waals surface area contributed by atoms with E-state index in [1.54, 1.807) is 0 Å². The van der Waals surface area contributed by atoms with Crippen LogP contribution in [0.25, 0.3) is 0 Å². The quantitative estimate of drug-likeness (QED) is 0.687. The minimum absolute atomic E-state index is 0.122. The van der Waals surface area contributed by atoms with E-state index < -0.39 is 0 Å². The molecule has 0 amide bonds. The Balaban J connectivity index is 2.41. The van der Waals surface area contributed by atoms with Gasteiger partial charge in [0.2, 0.25) is 0 Å². The molecule has 2 nitrogen and oxygen atoms in total. The van der Waals surface area contributed by atoms with E-state index in [2.05, 4.69) is 64.8 Å². The maximum Gasteiger partial charge on any atom is 0.186 e. The standard InChI is InChI=1S/C20H31NO/c1-19(2,3)16-12-15(14-21-10-8-7-9-11-21)13-17(18(16)22)20(4,5)6/h12-14H,7-11H2,1-6H3. The van der Waals surface area contributed by atoms with Crippen LogP contribution in [0, 0.1) is 10.8 Å². The first-order chi connectivity index (χ1) is 10.1. The number of ketones is 1. The number of carbonyl (C=O) groups excluding carboxylic acids is 1. The number of allylic oxidation sites excluding steroid dienone is 5. The molecule has 2 heteroatoms. The van der Waals surface area contributed by atoms with Crippen LogP contribution in [0.3, 0.4) is 0 Å². The molecule has 2 aliphatic rings. The van der Waals surface area contributed by atoms with Crippen LogP contribution in [0.1, 0.15) is 60.8 Å². The van der Waals surface area contributed by atoms with Gasteiger partial charge in [0.05, 0.1) is 0 Å². The van der Waals surface area contributed by atoms with Crippen molar-refractivity contribution in [2.45, 2.75) is 60.8 Å². The zero-order valence-corrected chi connectivity index (χ0v) is 15.1. The number of hydrogen-bond donors (Lipinski definition) is 0. The second kappa shape index (κ2) is 6.06. The zero-order chi connectivity index (χ0) is 16.5. The number of hydrogen-bond acceptors (Lipinski definition) is 2. The van der Waals surface area contributed by atoms with Crippen molar-refractivity contribution in [1.29, 1.82) is 0 Å². The molecule has 2 rings (SSSR count).